The van der Waals surface area contributed by atoms with Crippen molar-refractivity contribution in [3.05, 3.63) is 84.6 Å². The van der Waals surface area contributed by atoms with Crippen molar-refractivity contribution in [2.75, 3.05) is 11.4 Å². The van der Waals surface area contributed by atoms with Gasteiger partial charge in [0, 0.05) is 12.7 Å². The minimum atomic E-state index is 0.420. The average molecular weight is 318 g/mol. The van der Waals surface area contributed by atoms with Crippen molar-refractivity contribution in [3.63, 3.8) is 0 Å². The zero-order valence-electron chi connectivity index (χ0n) is 13.2. The first-order valence-electron chi connectivity index (χ1n) is 7.80. The third-order valence-electron chi connectivity index (χ3n) is 3.63. The number of anilines is 1. The molecule has 0 spiro atoms. The normalized spacial score (nSPS) is 10.2. The second kappa shape index (κ2) is 7.92. The number of amides is 1. The Kier molecular flexibility index (Phi) is 5.20. The molecule has 0 N–H and O–H groups in total. The lowest BCUT2D eigenvalue weighted by Gasteiger charge is -2.19. The van der Waals surface area contributed by atoms with Gasteiger partial charge in [-0.2, -0.15) is 0 Å². The SMILES string of the molecule is O=CN(CCc1ccccc1)c1cccnc1Oc1ccccc1. The highest BCUT2D eigenvalue weighted by Gasteiger charge is 2.13. The van der Waals surface area contributed by atoms with Crippen LogP contribution < -0.4 is 9.64 Å². The predicted molar refractivity (Wildman–Crippen MR) is 94.3 cm³/mol. The largest absolute Gasteiger partial charge is 0.437 e. The van der Waals surface area contributed by atoms with Crippen LogP contribution in [0.1, 0.15) is 5.56 Å². The van der Waals surface area contributed by atoms with E-state index in [0.717, 1.165) is 12.8 Å². The molecule has 0 saturated carbocycles. The van der Waals surface area contributed by atoms with Crippen molar-refractivity contribution in [2.45, 2.75) is 6.42 Å². The Morgan fingerprint density at radius 1 is 0.917 bits per heavy atom. The van der Waals surface area contributed by atoms with Gasteiger partial charge in [0.05, 0.1) is 0 Å². The summed E-state index contributed by atoms with van der Waals surface area (Å²) in [5, 5.41) is 0. The van der Waals surface area contributed by atoms with E-state index >= 15 is 0 Å². The minimum absolute atomic E-state index is 0.420. The van der Waals surface area contributed by atoms with Crippen molar-refractivity contribution < 1.29 is 9.53 Å². The van der Waals surface area contributed by atoms with Crippen molar-refractivity contribution >= 4 is 12.1 Å². The van der Waals surface area contributed by atoms with Gasteiger partial charge in [0.2, 0.25) is 12.3 Å². The summed E-state index contributed by atoms with van der Waals surface area (Å²) in [5.74, 6) is 1.11. The second-order valence-electron chi connectivity index (χ2n) is 5.28. The molecule has 0 saturated heterocycles. The first-order chi connectivity index (χ1) is 11.9. The summed E-state index contributed by atoms with van der Waals surface area (Å²) < 4.78 is 5.83. The first-order valence-corrected chi connectivity index (χ1v) is 7.80. The average Bonchev–Trinajstić information content (AvgIpc) is 2.65. The zero-order valence-corrected chi connectivity index (χ0v) is 13.2. The third kappa shape index (κ3) is 3.98. The first kappa shape index (κ1) is 15.7. The molecule has 24 heavy (non-hydrogen) atoms. The summed E-state index contributed by atoms with van der Waals surface area (Å²) in [6.45, 7) is 0.560. The molecule has 3 rings (SSSR count). The molecule has 0 aliphatic carbocycles. The van der Waals surface area contributed by atoms with Crippen LogP contribution in [0.3, 0.4) is 0 Å². The molecule has 0 radical (unpaired) electrons. The maximum atomic E-state index is 11.6. The van der Waals surface area contributed by atoms with E-state index in [0.29, 0.717) is 23.9 Å². The van der Waals surface area contributed by atoms with E-state index in [4.69, 9.17) is 4.74 Å². The van der Waals surface area contributed by atoms with Crippen molar-refractivity contribution in [1.82, 2.24) is 4.98 Å². The van der Waals surface area contributed by atoms with Crippen LogP contribution in [0, 0.1) is 0 Å². The Labute approximate surface area is 141 Å². The molecule has 4 heteroatoms. The van der Waals surface area contributed by atoms with E-state index in [9.17, 15) is 4.79 Å². The standard InChI is InChI=1S/C20H18N2O2/c23-16-22(15-13-17-8-3-1-4-9-17)19-12-7-14-21-20(19)24-18-10-5-2-6-11-18/h1-12,14,16H,13,15H2. The van der Waals surface area contributed by atoms with Gasteiger partial charge in [0.25, 0.3) is 0 Å². The van der Waals surface area contributed by atoms with Crippen LogP contribution in [0.5, 0.6) is 11.6 Å². The molecule has 1 heterocycles. The highest BCUT2D eigenvalue weighted by atomic mass is 16.5. The summed E-state index contributed by atoms with van der Waals surface area (Å²) in [6.07, 6.45) is 3.24. The zero-order chi connectivity index (χ0) is 16.6. The van der Waals surface area contributed by atoms with Crippen LogP contribution in [-0.4, -0.2) is 17.9 Å². The fraction of sp³-hybridized carbons (Fsp3) is 0.100. The molecule has 4 nitrogen and oxygen atoms in total. The molecule has 0 fully saturated rings. The Morgan fingerprint density at radius 2 is 1.62 bits per heavy atom. The number of ether oxygens (including phenoxy) is 1. The van der Waals surface area contributed by atoms with Gasteiger partial charge in [-0.1, -0.05) is 48.5 Å². The van der Waals surface area contributed by atoms with E-state index in [1.807, 2.05) is 66.7 Å². The van der Waals surface area contributed by atoms with Crippen molar-refractivity contribution in [3.8, 4) is 11.6 Å². The Balaban J connectivity index is 1.77. The van der Waals surface area contributed by atoms with E-state index in [-0.39, 0.29) is 0 Å². The highest BCUT2D eigenvalue weighted by Crippen LogP contribution is 2.29. The van der Waals surface area contributed by atoms with Gasteiger partial charge in [-0.05, 0) is 36.2 Å². The van der Waals surface area contributed by atoms with Crippen LogP contribution >= 0.6 is 0 Å². The molecule has 0 aliphatic heterocycles. The molecule has 120 valence electrons. The van der Waals surface area contributed by atoms with Gasteiger partial charge in [-0.25, -0.2) is 4.98 Å². The van der Waals surface area contributed by atoms with E-state index in [2.05, 4.69) is 4.98 Å². The molecule has 1 amide bonds. The van der Waals surface area contributed by atoms with Crippen LogP contribution in [0.2, 0.25) is 0 Å². The number of rotatable bonds is 7. The monoisotopic (exact) mass is 318 g/mol. The number of hydrogen-bond donors (Lipinski definition) is 0. The smallest absolute Gasteiger partial charge is 0.243 e. The summed E-state index contributed by atoms with van der Waals surface area (Å²) in [4.78, 5) is 17.5. The molecule has 1 aromatic heterocycles. The van der Waals surface area contributed by atoms with E-state index < -0.39 is 0 Å². The molecular formula is C20H18N2O2. The predicted octanol–water partition coefficient (Wildman–Crippen LogP) is 4.08. The number of aromatic nitrogens is 1. The quantitative estimate of drug-likeness (QED) is 0.616. The molecule has 3 aromatic rings. The number of nitrogens with zero attached hydrogens (tertiary/aromatic N) is 2. The number of pyridine rings is 1. The fourth-order valence-electron chi connectivity index (χ4n) is 2.40. The minimum Gasteiger partial charge on any atom is -0.437 e. The van der Waals surface area contributed by atoms with Gasteiger partial charge < -0.3 is 9.64 Å². The van der Waals surface area contributed by atoms with Gasteiger partial charge in [0.1, 0.15) is 11.4 Å². The maximum Gasteiger partial charge on any atom is 0.243 e. The number of benzene rings is 2. The molecular weight excluding hydrogens is 300 g/mol. The molecule has 0 bridgehead atoms. The Hall–Kier alpha value is -3.14. The van der Waals surface area contributed by atoms with Crippen LogP contribution in [-0.2, 0) is 11.2 Å². The Morgan fingerprint density at radius 3 is 2.33 bits per heavy atom. The Bertz CT molecular complexity index is 776. The van der Waals surface area contributed by atoms with E-state index in [1.165, 1.54) is 5.56 Å². The summed E-state index contributed by atoms with van der Waals surface area (Å²) >= 11 is 0. The van der Waals surface area contributed by atoms with E-state index in [1.54, 1.807) is 17.2 Å². The van der Waals surface area contributed by atoms with Crippen LogP contribution in [0.15, 0.2) is 79.0 Å². The molecule has 0 aliphatic rings. The highest BCUT2D eigenvalue weighted by molar-refractivity contribution is 5.78. The maximum absolute atomic E-state index is 11.6. The molecule has 2 aromatic carbocycles. The number of hydrogen-bond acceptors (Lipinski definition) is 3. The molecule has 0 atom stereocenters. The number of para-hydroxylation sites is 1. The number of carbonyl (C=O) groups excluding carboxylic acids is 1. The van der Waals surface area contributed by atoms with Gasteiger partial charge in [-0.3, -0.25) is 4.79 Å². The van der Waals surface area contributed by atoms with Crippen LogP contribution in [0.4, 0.5) is 5.69 Å². The second-order valence-corrected chi connectivity index (χ2v) is 5.28. The fourth-order valence-corrected chi connectivity index (χ4v) is 2.40. The molecule has 0 unspecified atom stereocenters. The topological polar surface area (TPSA) is 42.4 Å². The van der Waals surface area contributed by atoms with Crippen molar-refractivity contribution in [2.24, 2.45) is 0 Å². The van der Waals surface area contributed by atoms with Gasteiger partial charge in [-0.15, -0.1) is 0 Å². The third-order valence-corrected chi connectivity index (χ3v) is 3.63. The lowest BCUT2D eigenvalue weighted by molar-refractivity contribution is -0.107. The number of carbonyl (C=O) groups is 1. The summed E-state index contributed by atoms with van der Waals surface area (Å²) in [7, 11) is 0. The summed E-state index contributed by atoms with van der Waals surface area (Å²) in [5.41, 5.74) is 1.84. The van der Waals surface area contributed by atoms with Crippen molar-refractivity contribution in [1.29, 1.82) is 0 Å². The lowest BCUT2D eigenvalue weighted by Crippen LogP contribution is -2.24. The lowest BCUT2D eigenvalue weighted by atomic mass is 10.1. The summed E-state index contributed by atoms with van der Waals surface area (Å²) in [6, 6.07) is 23.1. The van der Waals surface area contributed by atoms with Gasteiger partial charge >= 0.3 is 0 Å². The van der Waals surface area contributed by atoms with Crippen LogP contribution in [0.25, 0.3) is 0 Å². The van der Waals surface area contributed by atoms with Gasteiger partial charge in [0.15, 0.2) is 0 Å².